The molecule has 0 aromatic carbocycles. The Labute approximate surface area is 149 Å². The Morgan fingerprint density at radius 2 is 2.00 bits per heavy atom. The predicted molar refractivity (Wildman–Crippen MR) is 98.4 cm³/mol. The summed E-state index contributed by atoms with van der Waals surface area (Å²) in [5.74, 6) is 1.19. The number of aromatic amines is 1. The fourth-order valence-electron chi connectivity index (χ4n) is 3.02. The lowest BCUT2D eigenvalue weighted by molar-refractivity contribution is 0.363. The molecular weight excluding hydrogens is 340 g/mol. The maximum Gasteiger partial charge on any atom is 0.177 e. The number of piperidine rings is 1. The lowest BCUT2D eigenvalue weighted by atomic mass is 9.91. The van der Waals surface area contributed by atoms with Crippen LogP contribution in [-0.2, 0) is 0 Å². The maximum absolute atomic E-state index is 6.23. The van der Waals surface area contributed by atoms with Crippen molar-refractivity contribution in [1.29, 1.82) is 0 Å². The number of aromatic nitrogens is 5. The Hall–Kier alpha value is -2.45. The number of nitrogen functional groups attached to an aromatic ring is 1. The van der Waals surface area contributed by atoms with Gasteiger partial charge in [0.25, 0.3) is 0 Å². The minimum atomic E-state index is -0.104. The summed E-state index contributed by atoms with van der Waals surface area (Å²) in [6, 6.07) is 1.68. The summed E-state index contributed by atoms with van der Waals surface area (Å²) in [7, 11) is 0. The molecule has 0 spiro atoms. The van der Waals surface area contributed by atoms with Crippen LogP contribution in [0.25, 0.3) is 22.4 Å². The van der Waals surface area contributed by atoms with E-state index in [1.54, 1.807) is 12.3 Å². The first-order valence-electron chi connectivity index (χ1n) is 8.09. The molecule has 0 aliphatic carbocycles. The van der Waals surface area contributed by atoms with Gasteiger partial charge in [0.1, 0.15) is 22.8 Å². The van der Waals surface area contributed by atoms with Crippen LogP contribution in [0.5, 0.6) is 0 Å². The van der Waals surface area contributed by atoms with Crippen LogP contribution in [0.1, 0.15) is 19.8 Å². The zero-order valence-electron chi connectivity index (χ0n) is 13.8. The lowest BCUT2D eigenvalue weighted by Crippen LogP contribution is -2.48. The third-order valence-corrected chi connectivity index (χ3v) is 4.92. The highest BCUT2D eigenvalue weighted by Crippen LogP contribution is 2.32. The summed E-state index contributed by atoms with van der Waals surface area (Å²) in [5.41, 5.74) is 14.4. The minimum Gasteiger partial charge on any atom is -0.384 e. The molecule has 1 fully saturated rings. The number of nitrogens with one attached hydrogen (secondary N) is 1. The van der Waals surface area contributed by atoms with Crippen molar-refractivity contribution >= 4 is 34.4 Å². The van der Waals surface area contributed by atoms with Crippen molar-refractivity contribution in [3.05, 3.63) is 23.5 Å². The average Bonchev–Trinajstić information content (AvgIpc) is 3.00. The molecule has 3 aromatic heterocycles. The Bertz CT molecular complexity index is 925. The van der Waals surface area contributed by atoms with Crippen LogP contribution >= 0.6 is 11.6 Å². The number of nitrogens with zero attached hydrogens (tertiary/aromatic N) is 5. The van der Waals surface area contributed by atoms with E-state index in [0.29, 0.717) is 33.3 Å². The number of H-pyrrole nitrogens is 1. The van der Waals surface area contributed by atoms with E-state index >= 15 is 0 Å². The summed E-state index contributed by atoms with van der Waals surface area (Å²) in [5, 5.41) is 7.72. The molecule has 1 aliphatic heterocycles. The van der Waals surface area contributed by atoms with E-state index in [9.17, 15) is 0 Å². The molecule has 9 heteroatoms. The smallest absolute Gasteiger partial charge is 0.177 e. The summed E-state index contributed by atoms with van der Waals surface area (Å²) < 4.78 is 0. The SMILES string of the molecule is CC1(N)CCN(c2cnc3c(-c4cc(N)ncc4Cl)n[nH]c3n2)CC1. The summed E-state index contributed by atoms with van der Waals surface area (Å²) in [6.45, 7) is 3.81. The fourth-order valence-corrected chi connectivity index (χ4v) is 3.21. The quantitative estimate of drug-likeness (QED) is 0.639. The van der Waals surface area contributed by atoms with Crippen LogP contribution in [0.4, 0.5) is 11.6 Å². The molecule has 3 aromatic rings. The molecule has 4 heterocycles. The standard InChI is InChI=1S/C16H19ClN8/c1-16(19)2-4-25(5-3-16)12-8-21-14-13(23-24-15(14)22-12)9-6-11(18)20-7-10(9)17/h6-8H,2-5,19H2,1H3,(H2,18,20)(H,22,23,24). The van der Waals surface area contributed by atoms with Crippen LogP contribution in [0.15, 0.2) is 18.5 Å². The van der Waals surface area contributed by atoms with E-state index in [2.05, 4.69) is 37.0 Å². The van der Waals surface area contributed by atoms with E-state index in [1.165, 1.54) is 6.20 Å². The van der Waals surface area contributed by atoms with Crippen molar-refractivity contribution in [1.82, 2.24) is 25.1 Å². The van der Waals surface area contributed by atoms with Gasteiger partial charge in [0, 0.05) is 30.4 Å². The monoisotopic (exact) mass is 358 g/mol. The van der Waals surface area contributed by atoms with E-state index in [1.807, 2.05) is 0 Å². The highest BCUT2D eigenvalue weighted by atomic mass is 35.5. The Balaban J connectivity index is 1.69. The molecule has 5 N–H and O–H groups in total. The second kappa shape index (κ2) is 5.82. The predicted octanol–water partition coefficient (Wildman–Crippen LogP) is 1.97. The maximum atomic E-state index is 6.23. The zero-order chi connectivity index (χ0) is 17.6. The van der Waals surface area contributed by atoms with Gasteiger partial charge in [0.2, 0.25) is 0 Å². The Morgan fingerprint density at radius 3 is 2.76 bits per heavy atom. The molecule has 1 saturated heterocycles. The molecule has 0 bridgehead atoms. The first kappa shape index (κ1) is 16.0. The van der Waals surface area contributed by atoms with E-state index < -0.39 is 0 Å². The largest absolute Gasteiger partial charge is 0.384 e. The van der Waals surface area contributed by atoms with Crippen molar-refractivity contribution in [2.75, 3.05) is 23.7 Å². The number of fused-ring (bicyclic) bond motifs is 1. The number of pyridine rings is 1. The normalized spacial score (nSPS) is 17.2. The van der Waals surface area contributed by atoms with Crippen LogP contribution in [0, 0.1) is 0 Å². The molecule has 130 valence electrons. The first-order chi connectivity index (χ1) is 11.9. The van der Waals surface area contributed by atoms with E-state index in [4.69, 9.17) is 23.1 Å². The molecule has 0 unspecified atom stereocenters. The van der Waals surface area contributed by atoms with Crippen molar-refractivity contribution in [2.45, 2.75) is 25.3 Å². The van der Waals surface area contributed by atoms with Gasteiger partial charge in [-0.15, -0.1) is 0 Å². The Morgan fingerprint density at radius 1 is 1.24 bits per heavy atom. The van der Waals surface area contributed by atoms with E-state index in [0.717, 1.165) is 31.7 Å². The second-order valence-corrected chi connectivity index (χ2v) is 7.13. The van der Waals surface area contributed by atoms with Crippen molar-refractivity contribution in [3.63, 3.8) is 0 Å². The summed E-state index contributed by atoms with van der Waals surface area (Å²) in [6.07, 6.45) is 5.12. The van der Waals surface area contributed by atoms with Crippen molar-refractivity contribution < 1.29 is 0 Å². The van der Waals surface area contributed by atoms with Crippen LogP contribution in [-0.4, -0.2) is 43.8 Å². The molecule has 0 radical (unpaired) electrons. The van der Waals surface area contributed by atoms with Crippen molar-refractivity contribution in [3.8, 4) is 11.3 Å². The van der Waals surface area contributed by atoms with Crippen molar-refractivity contribution in [2.24, 2.45) is 5.73 Å². The highest BCUT2D eigenvalue weighted by Gasteiger charge is 2.27. The van der Waals surface area contributed by atoms with Crippen LogP contribution < -0.4 is 16.4 Å². The summed E-state index contributed by atoms with van der Waals surface area (Å²) in [4.78, 5) is 15.4. The van der Waals surface area contributed by atoms with Crippen LogP contribution in [0.2, 0.25) is 5.02 Å². The van der Waals surface area contributed by atoms with Gasteiger partial charge in [-0.1, -0.05) is 11.6 Å². The zero-order valence-corrected chi connectivity index (χ0v) is 14.6. The van der Waals surface area contributed by atoms with Crippen LogP contribution in [0.3, 0.4) is 0 Å². The molecule has 0 amide bonds. The van der Waals surface area contributed by atoms with Gasteiger partial charge in [-0.25, -0.2) is 15.0 Å². The minimum absolute atomic E-state index is 0.104. The fraction of sp³-hybridized carbons (Fsp3) is 0.375. The lowest BCUT2D eigenvalue weighted by Gasteiger charge is -2.37. The third kappa shape index (κ3) is 2.98. The summed E-state index contributed by atoms with van der Waals surface area (Å²) >= 11 is 6.23. The van der Waals surface area contributed by atoms with Gasteiger partial charge < -0.3 is 16.4 Å². The third-order valence-electron chi connectivity index (χ3n) is 4.62. The number of nitrogens with two attached hydrogens (primary N) is 2. The van der Waals surface area contributed by atoms with Gasteiger partial charge in [-0.2, -0.15) is 5.10 Å². The molecule has 8 nitrogen and oxygen atoms in total. The second-order valence-electron chi connectivity index (χ2n) is 6.73. The van der Waals surface area contributed by atoms with Gasteiger partial charge in [0.05, 0.1) is 11.2 Å². The number of hydrogen-bond donors (Lipinski definition) is 3. The number of halogens is 1. The Kier molecular flexibility index (Phi) is 3.73. The first-order valence-corrected chi connectivity index (χ1v) is 8.47. The number of hydrogen-bond acceptors (Lipinski definition) is 7. The van der Waals surface area contributed by atoms with Gasteiger partial charge in [-0.3, -0.25) is 5.10 Å². The highest BCUT2D eigenvalue weighted by molar-refractivity contribution is 6.33. The average molecular weight is 359 g/mol. The molecule has 0 saturated carbocycles. The molecule has 0 atom stereocenters. The van der Waals surface area contributed by atoms with Gasteiger partial charge in [-0.05, 0) is 25.8 Å². The molecular formula is C16H19ClN8. The van der Waals surface area contributed by atoms with Gasteiger partial charge >= 0.3 is 0 Å². The van der Waals surface area contributed by atoms with E-state index in [-0.39, 0.29) is 5.54 Å². The molecule has 25 heavy (non-hydrogen) atoms. The number of rotatable bonds is 2. The molecule has 1 aliphatic rings. The topological polar surface area (TPSA) is 123 Å². The van der Waals surface area contributed by atoms with Gasteiger partial charge in [0.15, 0.2) is 5.65 Å². The molecule has 4 rings (SSSR count). The number of anilines is 2.